The Balaban J connectivity index is 1.84. The first-order chi connectivity index (χ1) is 9.63. The number of hydrogen-bond donors (Lipinski definition) is 1. The van der Waals surface area contributed by atoms with Crippen LogP contribution in [0.15, 0.2) is 41.0 Å². The maximum atomic E-state index is 5.94. The minimum absolute atomic E-state index is 0.352. The summed E-state index contributed by atoms with van der Waals surface area (Å²) < 4.78 is 0.822. The van der Waals surface area contributed by atoms with Gasteiger partial charge in [-0.05, 0) is 53.2 Å². The van der Waals surface area contributed by atoms with Crippen LogP contribution in [0.5, 0.6) is 0 Å². The molecule has 20 heavy (non-hydrogen) atoms. The van der Waals surface area contributed by atoms with Gasteiger partial charge in [0.2, 0.25) is 0 Å². The maximum absolute atomic E-state index is 5.94. The van der Waals surface area contributed by atoms with E-state index in [1.165, 1.54) is 24.0 Å². The number of nitrogens with zero attached hydrogens (tertiary/aromatic N) is 1. The van der Waals surface area contributed by atoms with Crippen LogP contribution >= 0.6 is 27.5 Å². The van der Waals surface area contributed by atoms with Gasteiger partial charge in [-0.1, -0.05) is 41.4 Å². The number of rotatable bonds is 4. The molecule has 1 atom stereocenters. The molecule has 4 heteroatoms. The van der Waals surface area contributed by atoms with Crippen LogP contribution in [0.1, 0.15) is 30.0 Å². The van der Waals surface area contributed by atoms with Gasteiger partial charge in [-0.25, -0.2) is 4.98 Å². The first-order valence-corrected chi connectivity index (χ1v) is 7.95. The van der Waals surface area contributed by atoms with Crippen molar-refractivity contribution in [3.8, 4) is 0 Å². The Hall–Kier alpha value is -1.06. The van der Waals surface area contributed by atoms with E-state index in [1.807, 2.05) is 6.07 Å². The average molecular weight is 352 g/mol. The van der Waals surface area contributed by atoms with E-state index in [0.29, 0.717) is 17.1 Å². The van der Waals surface area contributed by atoms with Gasteiger partial charge >= 0.3 is 0 Å². The van der Waals surface area contributed by atoms with Crippen molar-refractivity contribution in [2.24, 2.45) is 5.92 Å². The molecule has 1 unspecified atom stereocenters. The van der Waals surface area contributed by atoms with E-state index >= 15 is 0 Å². The van der Waals surface area contributed by atoms with Gasteiger partial charge in [0.15, 0.2) is 0 Å². The fourth-order valence-corrected chi connectivity index (χ4v) is 2.81. The number of hydrogen-bond acceptors (Lipinski definition) is 2. The largest absolute Gasteiger partial charge is 0.377 e. The summed E-state index contributed by atoms with van der Waals surface area (Å²) in [5.41, 5.74) is 3.63. The fraction of sp³-hybridized carbons (Fsp3) is 0.312. The van der Waals surface area contributed by atoms with Crippen molar-refractivity contribution in [1.29, 1.82) is 0 Å². The molecule has 1 saturated carbocycles. The van der Waals surface area contributed by atoms with E-state index in [-0.39, 0.29) is 0 Å². The molecular weight excluding hydrogens is 336 g/mol. The minimum atomic E-state index is 0.352. The standard InChI is InChI=1S/C16H16BrClN2/c1-10-2-4-11(5-3-10)15(12-6-7-12)20-13-8-14(17)16(18)19-9-13/h2-5,8-9,12,15,20H,6-7H2,1H3. The van der Waals surface area contributed by atoms with Gasteiger partial charge in [0.1, 0.15) is 5.15 Å². The van der Waals surface area contributed by atoms with E-state index in [9.17, 15) is 0 Å². The molecule has 0 aliphatic heterocycles. The van der Waals surface area contributed by atoms with Crippen LogP contribution in [0.2, 0.25) is 5.15 Å². The molecule has 1 aliphatic rings. The molecule has 1 fully saturated rings. The second-order valence-corrected chi connectivity index (χ2v) is 6.58. The summed E-state index contributed by atoms with van der Waals surface area (Å²) in [6.07, 6.45) is 4.36. The molecule has 1 heterocycles. The number of benzene rings is 1. The van der Waals surface area contributed by atoms with Gasteiger partial charge in [0.25, 0.3) is 0 Å². The number of aromatic nitrogens is 1. The van der Waals surface area contributed by atoms with Gasteiger partial charge in [0, 0.05) is 0 Å². The van der Waals surface area contributed by atoms with Gasteiger partial charge in [0.05, 0.1) is 22.4 Å². The second kappa shape index (κ2) is 5.74. The van der Waals surface area contributed by atoms with Crippen LogP contribution in [0.25, 0.3) is 0 Å². The predicted molar refractivity (Wildman–Crippen MR) is 87.2 cm³/mol. The smallest absolute Gasteiger partial charge is 0.143 e. The average Bonchev–Trinajstić information content (AvgIpc) is 3.26. The third-order valence-electron chi connectivity index (χ3n) is 3.65. The molecule has 1 aromatic carbocycles. The van der Waals surface area contributed by atoms with Gasteiger partial charge in [-0.2, -0.15) is 0 Å². The molecule has 104 valence electrons. The highest BCUT2D eigenvalue weighted by atomic mass is 79.9. The Bertz CT molecular complexity index is 608. The van der Waals surface area contributed by atoms with Crippen molar-refractivity contribution in [2.75, 3.05) is 5.32 Å². The summed E-state index contributed by atoms with van der Waals surface area (Å²) in [5, 5.41) is 4.09. The molecule has 2 aromatic rings. The number of halogens is 2. The summed E-state index contributed by atoms with van der Waals surface area (Å²) in [5.74, 6) is 0.715. The van der Waals surface area contributed by atoms with Gasteiger partial charge < -0.3 is 5.32 Å². The lowest BCUT2D eigenvalue weighted by molar-refractivity contribution is 0.678. The van der Waals surface area contributed by atoms with Crippen LogP contribution in [0.3, 0.4) is 0 Å². The van der Waals surface area contributed by atoms with Crippen molar-refractivity contribution in [3.05, 3.63) is 57.3 Å². The number of aryl methyl sites for hydroxylation is 1. The van der Waals surface area contributed by atoms with Gasteiger partial charge in [-0.15, -0.1) is 0 Å². The highest BCUT2D eigenvalue weighted by molar-refractivity contribution is 9.10. The van der Waals surface area contributed by atoms with Gasteiger partial charge in [-0.3, -0.25) is 0 Å². The van der Waals surface area contributed by atoms with E-state index in [1.54, 1.807) is 6.20 Å². The third kappa shape index (κ3) is 3.15. The lowest BCUT2D eigenvalue weighted by Crippen LogP contribution is -2.13. The summed E-state index contributed by atoms with van der Waals surface area (Å²) in [6, 6.07) is 11.1. The Kier molecular flexibility index (Phi) is 3.99. The van der Waals surface area contributed by atoms with Crippen molar-refractivity contribution in [1.82, 2.24) is 4.98 Å². The number of anilines is 1. The zero-order chi connectivity index (χ0) is 14.1. The molecule has 0 bridgehead atoms. The fourth-order valence-electron chi connectivity index (χ4n) is 2.36. The zero-order valence-electron chi connectivity index (χ0n) is 11.2. The van der Waals surface area contributed by atoms with Crippen LogP contribution in [0, 0.1) is 12.8 Å². The van der Waals surface area contributed by atoms with E-state index in [0.717, 1.165) is 10.2 Å². The molecule has 0 amide bonds. The van der Waals surface area contributed by atoms with E-state index in [4.69, 9.17) is 11.6 Å². The lowest BCUT2D eigenvalue weighted by atomic mass is 10.0. The van der Waals surface area contributed by atoms with Crippen molar-refractivity contribution >= 4 is 33.2 Å². The van der Waals surface area contributed by atoms with Crippen molar-refractivity contribution in [3.63, 3.8) is 0 Å². The first kappa shape index (κ1) is 13.9. The Morgan fingerprint density at radius 3 is 2.60 bits per heavy atom. The predicted octanol–water partition coefficient (Wildman–Crippen LogP) is 5.37. The molecule has 0 saturated heterocycles. The molecule has 1 N–H and O–H groups in total. The van der Waals surface area contributed by atoms with E-state index < -0.39 is 0 Å². The summed E-state index contributed by atoms with van der Waals surface area (Å²) >= 11 is 9.36. The first-order valence-electron chi connectivity index (χ1n) is 6.77. The SMILES string of the molecule is Cc1ccc(C(Nc2cnc(Cl)c(Br)c2)C2CC2)cc1. The molecule has 3 rings (SSSR count). The second-order valence-electron chi connectivity index (χ2n) is 5.37. The van der Waals surface area contributed by atoms with Crippen LogP contribution < -0.4 is 5.32 Å². The summed E-state index contributed by atoms with van der Waals surface area (Å²) in [4.78, 5) is 4.18. The highest BCUT2D eigenvalue weighted by Crippen LogP contribution is 2.43. The molecule has 1 aliphatic carbocycles. The minimum Gasteiger partial charge on any atom is -0.377 e. The normalized spacial score (nSPS) is 15.9. The topological polar surface area (TPSA) is 24.9 Å². The quantitative estimate of drug-likeness (QED) is 0.749. The van der Waals surface area contributed by atoms with Crippen LogP contribution in [0.4, 0.5) is 5.69 Å². The highest BCUT2D eigenvalue weighted by Gasteiger charge is 2.32. The Morgan fingerprint density at radius 1 is 1.30 bits per heavy atom. The molecule has 0 spiro atoms. The van der Waals surface area contributed by atoms with Crippen molar-refractivity contribution in [2.45, 2.75) is 25.8 Å². The van der Waals surface area contributed by atoms with Crippen LogP contribution in [-0.4, -0.2) is 4.98 Å². The summed E-state index contributed by atoms with van der Waals surface area (Å²) in [7, 11) is 0. The maximum Gasteiger partial charge on any atom is 0.143 e. The Labute approximate surface area is 132 Å². The molecule has 1 aromatic heterocycles. The lowest BCUT2D eigenvalue weighted by Gasteiger charge is -2.20. The molecule has 0 radical (unpaired) electrons. The van der Waals surface area contributed by atoms with Crippen molar-refractivity contribution < 1.29 is 0 Å². The third-order valence-corrected chi connectivity index (χ3v) is 4.78. The van der Waals surface area contributed by atoms with Crippen LogP contribution in [-0.2, 0) is 0 Å². The Morgan fingerprint density at radius 2 is 2.00 bits per heavy atom. The monoisotopic (exact) mass is 350 g/mol. The zero-order valence-corrected chi connectivity index (χ0v) is 13.6. The number of nitrogens with one attached hydrogen (secondary N) is 1. The molecule has 2 nitrogen and oxygen atoms in total. The van der Waals surface area contributed by atoms with E-state index in [2.05, 4.69) is 57.4 Å². The summed E-state index contributed by atoms with van der Waals surface area (Å²) in [6.45, 7) is 2.11. The number of pyridine rings is 1. The molecular formula is C16H16BrClN2.